The predicted molar refractivity (Wildman–Crippen MR) is 100 cm³/mol. The Balaban J connectivity index is 2.24. The average Bonchev–Trinajstić information content (AvgIpc) is 3.13. The summed E-state index contributed by atoms with van der Waals surface area (Å²) in [6.07, 6.45) is 3.94. The van der Waals surface area contributed by atoms with Crippen LogP contribution in [0, 0.1) is 6.92 Å². The number of alkyl halides is 1. The monoisotopic (exact) mass is 386 g/mol. The molecule has 1 unspecified atom stereocenters. The highest BCUT2D eigenvalue weighted by molar-refractivity contribution is 7.89. The highest BCUT2D eigenvalue weighted by Gasteiger charge is 2.35. The Kier molecular flexibility index (Phi) is 7.28. The molecule has 1 aromatic rings. The van der Waals surface area contributed by atoms with Crippen LogP contribution in [0.5, 0.6) is 0 Å². The van der Waals surface area contributed by atoms with Crippen molar-refractivity contribution in [2.24, 2.45) is 0 Å². The molecule has 7 heteroatoms. The lowest BCUT2D eigenvalue weighted by Crippen LogP contribution is -2.48. The number of unbranched alkanes of at least 4 members (excludes halogenated alkanes) is 1. The van der Waals surface area contributed by atoms with E-state index < -0.39 is 16.1 Å². The zero-order chi connectivity index (χ0) is 18.4. The van der Waals surface area contributed by atoms with Crippen molar-refractivity contribution in [2.45, 2.75) is 50.0 Å². The van der Waals surface area contributed by atoms with Gasteiger partial charge in [0.1, 0.15) is 6.04 Å². The quantitative estimate of drug-likeness (QED) is 0.509. The van der Waals surface area contributed by atoms with E-state index in [4.69, 9.17) is 11.6 Å². The molecule has 1 aliphatic rings. The smallest absolute Gasteiger partial charge is 0.243 e. The molecule has 0 aromatic heterocycles. The number of carbonyl (C=O) groups is 1. The van der Waals surface area contributed by atoms with Gasteiger partial charge in [0.2, 0.25) is 15.9 Å². The zero-order valence-corrected chi connectivity index (χ0v) is 16.5. The van der Waals surface area contributed by atoms with Gasteiger partial charge in [-0.15, -0.1) is 11.6 Å². The summed E-state index contributed by atoms with van der Waals surface area (Å²) in [5.41, 5.74) is 0.994. The van der Waals surface area contributed by atoms with Crippen LogP contribution in [0.4, 0.5) is 0 Å². The van der Waals surface area contributed by atoms with Crippen LogP contribution in [0.3, 0.4) is 0 Å². The third-order valence-electron chi connectivity index (χ3n) is 4.70. The van der Waals surface area contributed by atoms with Crippen LogP contribution in [-0.4, -0.2) is 55.6 Å². The first-order chi connectivity index (χ1) is 11.9. The maximum absolute atomic E-state index is 13.0. The third kappa shape index (κ3) is 4.96. The van der Waals surface area contributed by atoms with Gasteiger partial charge in [0.15, 0.2) is 0 Å². The van der Waals surface area contributed by atoms with Gasteiger partial charge in [0, 0.05) is 26.0 Å². The summed E-state index contributed by atoms with van der Waals surface area (Å²) in [5, 5.41) is 0. The summed E-state index contributed by atoms with van der Waals surface area (Å²) >= 11 is 5.74. The minimum atomic E-state index is -3.71. The number of nitrogens with zero attached hydrogens (tertiary/aromatic N) is 2. The van der Waals surface area contributed by atoms with E-state index in [2.05, 4.69) is 0 Å². The highest BCUT2D eigenvalue weighted by Crippen LogP contribution is 2.22. The van der Waals surface area contributed by atoms with Crippen molar-refractivity contribution < 1.29 is 13.2 Å². The molecule has 0 aliphatic carbocycles. The van der Waals surface area contributed by atoms with Gasteiger partial charge in [-0.2, -0.15) is 4.31 Å². The first kappa shape index (κ1) is 20.2. The number of hydrogen-bond donors (Lipinski definition) is 0. The van der Waals surface area contributed by atoms with E-state index in [1.54, 1.807) is 29.2 Å². The summed E-state index contributed by atoms with van der Waals surface area (Å²) in [6.45, 7) is 3.33. The number of sulfonamides is 1. The number of likely N-dealkylation sites (N-methyl/N-ethyl adjacent to an activating group) is 1. The first-order valence-corrected chi connectivity index (χ1v) is 10.7. The van der Waals surface area contributed by atoms with Crippen LogP contribution in [0.2, 0.25) is 0 Å². The molecule has 1 aliphatic heterocycles. The Morgan fingerprint density at radius 3 is 2.36 bits per heavy atom. The number of amides is 1. The van der Waals surface area contributed by atoms with Gasteiger partial charge >= 0.3 is 0 Å². The number of halogens is 1. The Morgan fingerprint density at radius 1 is 1.20 bits per heavy atom. The first-order valence-electron chi connectivity index (χ1n) is 8.77. The molecule has 1 atom stereocenters. The van der Waals surface area contributed by atoms with Gasteiger partial charge in [-0.1, -0.05) is 24.1 Å². The molecule has 0 N–H and O–H groups in total. The summed E-state index contributed by atoms with van der Waals surface area (Å²) in [5.74, 6) is 0.421. The Hall–Kier alpha value is -1.11. The van der Waals surface area contributed by atoms with Crippen molar-refractivity contribution in [1.82, 2.24) is 9.21 Å². The van der Waals surface area contributed by atoms with Gasteiger partial charge in [0.05, 0.1) is 4.90 Å². The molecule has 1 amide bonds. The van der Waals surface area contributed by atoms with E-state index in [0.29, 0.717) is 25.4 Å². The van der Waals surface area contributed by atoms with E-state index in [1.165, 1.54) is 11.4 Å². The maximum Gasteiger partial charge on any atom is 0.243 e. The van der Waals surface area contributed by atoms with Crippen LogP contribution in [0.15, 0.2) is 29.2 Å². The summed E-state index contributed by atoms with van der Waals surface area (Å²) in [6, 6.07) is 6.05. The van der Waals surface area contributed by atoms with Crippen molar-refractivity contribution in [3.8, 4) is 0 Å². The number of carbonyl (C=O) groups excluding carboxylic acids is 1. The molecule has 1 saturated heterocycles. The van der Waals surface area contributed by atoms with Crippen LogP contribution in [-0.2, 0) is 14.8 Å². The number of hydrogen-bond acceptors (Lipinski definition) is 3. The fourth-order valence-electron chi connectivity index (χ4n) is 3.09. The van der Waals surface area contributed by atoms with E-state index in [1.807, 2.05) is 6.92 Å². The molecule has 5 nitrogen and oxygen atoms in total. The number of aryl methyl sites for hydroxylation is 1. The number of likely N-dealkylation sites (tertiary alicyclic amines) is 1. The largest absolute Gasteiger partial charge is 0.341 e. The van der Waals surface area contributed by atoms with Crippen molar-refractivity contribution in [3.05, 3.63) is 29.8 Å². The standard InChI is InChI=1S/C18H27ClN2O3S/c1-15-8-10-16(11-9-15)25(23,24)20(2)17(7-3-4-12-19)18(22)21-13-5-6-14-21/h8-11,17H,3-7,12-14H2,1-2H3. The number of rotatable bonds is 8. The number of benzene rings is 1. The van der Waals surface area contributed by atoms with Crippen molar-refractivity contribution in [2.75, 3.05) is 26.0 Å². The lowest BCUT2D eigenvalue weighted by molar-refractivity contribution is -0.134. The van der Waals surface area contributed by atoms with E-state index in [9.17, 15) is 13.2 Å². The second-order valence-corrected chi connectivity index (χ2v) is 8.94. The van der Waals surface area contributed by atoms with Crippen molar-refractivity contribution in [1.29, 1.82) is 0 Å². The molecule has 0 bridgehead atoms. The average molecular weight is 387 g/mol. The summed E-state index contributed by atoms with van der Waals surface area (Å²) in [7, 11) is -2.21. The molecule has 0 radical (unpaired) electrons. The van der Waals surface area contributed by atoms with Gasteiger partial charge in [-0.05, 0) is 44.7 Å². The molecular formula is C18H27ClN2O3S. The molecule has 0 spiro atoms. The molecule has 1 fully saturated rings. The lowest BCUT2D eigenvalue weighted by Gasteiger charge is -2.30. The topological polar surface area (TPSA) is 57.7 Å². The van der Waals surface area contributed by atoms with Gasteiger partial charge in [0.25, 0.3) is 0 Å². The minimum Gasteiger partial charge on any atom is -0.341 e. The SMILES string of the molecule is Cc1ccc(S(=O)(=O)N(C)C(CCCCCl)C(=O)N2CCCC2)cc1. The van der Waals surface area contributed by atoms with E-state index >= 15 is 0 Å². The fourth-order valence-corrected chi connectivity index (χ4v) is 4.62. The Morgan fingerprint density at radius 2 is 1.80 bits per heavy atom. The van der Waals surface area contributed by atoms with Gasteiger partial charge < -0.3 is 4.90 Å². The van der Waals surface area contributed by atoms with Crippen molar-refractivity contribution >= 4 is 27.5 Å². The predicted octanol–water partition coefficient (Wildman–Crippen LogP) is 3.02. The summed E-state index contributed by atoms with van der Waals surface area (Å²) in [4.78, 5) is 14.9. The fraction of sp³-hybridized carbons (Fsp3) is 0.611. The molecule has 2 rings (SSSR count). The zero-order valence-electron chi connectivity index (χ0n) is 14.9. The molecule has 1 aromatic carbocycles. The Labute approximate surface area is 156 Å². The molecular weight excluding hydrogens is 360 g/mol. The third-order valence-corrected chi connectivity index (χ3v) is 6.85. The highest BCUT2D eigenvalue weighted by atomic mass is 35.5. The van der Waals surface area contributed by atoms with Crippen LogP contribution < -0.4 is 0 Å². The molecule has 25 heavy (non-hydrogen) atoms. The normalized spacial score (nSPS) is 16.4. The van der Waals surface area contributed by atoms with Crippen LogP contribution >= 0.6 is 11.6 Å². The van der Waals surface area contributed by atoms with E-state index in [0.717, 1.165) is 31.2 Å². The van der Waals surface area contributed by atoms with Gasteiger partial charge in [-0.3, -0.25) is 4.79 Å². The van der Waals surface area contributed by atoms with E-state index in [-0.39, 0.29) is 10.8 Å². The second-order valence-electron chi connectivity index (χ2n) is 6.57. The van der Waals surface area contributed by atoms with Crippen LogP contribution in [0.1, 0.15) is 37.7 Å². The summed E-state index contributed by atoms with van der Waals surface area (Å²) < 4.78 is 27.2. The van der Waals surface area contributed by atoms with Crippen LogP contribution in [0.25, 0.3) is 0 Å². The Bertz CT molecular complexity index is 670. The lowest BCUT2D eigenvalue weighted by atomic mass is 10.1. The minimum absolute atomic E-state index is 0.0924. The van der Waals surface area contributed by atoms with Crippen molar-refractivity contribution in [3.63, 3.8) is 0 Å². The molecule has 0 saturated carbocycles. The molecule has 1 heterocycles. The molecule has 140 valence electrons. The van der Waals surface area contributed by atoms with Gasteiger partial charge in [-0.25, -0.2) is 8.42 Å². The second kappa shape index (κ2) is 9.01. The maximum atomic E-state index is 13.0.